The molecule has 6 nitrogen and oxygen atoms in total. The van der Waals surface area contributed by atoms with E-state index in [0.717, 1.165) is 38.6 Å². The van der Waals surface area contributed by atoms with Crippen molar-refractivity contribution in [2.24, 2.45) is 0 Å². The number of carbonyl (C=O) groups is 1. The SMILES string of the molecule is O=C(CSc1nc2ccccc2n1S(=O)(=O)c1ccc2ccccc2c1)Nc1ccc(F)cc1F. The molecule has 1 heterocycles. The summed E-state index contributed by atoms with van der Waals surface area (Å²) in [7, 11) is -4.06. The second-order valence-electron chi connectivity index (χ2n) is 7.62. The first-order valence-electron chi connectivity index (χ1n) is 10.4. The normalized spacial score (nSPS) is 11.7. The molecule has 0 unspecified atom stereocenters. The molecule has 0 aliphatic carbocycles. The summed E-state index contributed by atoms with van der Waals surface area (Å²) in [5, 5.41) is 4.13. The molecule has 5 aromatic rings. The van der Waals surface area contributed by atoms with E-state index in [2.05, 4.69) is 10.3 Å². The van der Waals surface area contributed by atoms with Crippen LogP contribution in [0.4, 0.5) is 14.5 Å². The maximum absolute atomic E-state index is 13.9. The number of hydrogen-bond donors (Lipinski definition) is 1. The monoisotopic (exact) mass is 509 g/mol. The Hall–Kier alpha value is -3.76. The molecule has 0 atom stereocenters. The van der Waals surface area contributed by atoms with Crippen LogP contribution in [-0.2, 0) is 14.8 Å². The standard InChI is InChI=1S/C25H17F2N3O3S2/c26-18-10-12-21(20(27)14-18)28-24(31)15-34-25-29-22-7-3-4-8-23(22)30(25)35(32,33)19-11-9-16-5-1-2-6-17(16)13-19/h1-14H,15H2,(H,28,31). The fourth-order valence-corrected chi connectivity index (χ4v) is 6.20. The number of nitrogens with one attached hydrogen (secondary N) is 1. The van der Waals surface area contributed by atoms with Crippen LogP contribution in [0.2, 0.25) is 0 Å². The molecule has 35 heavy (non-hydrogen) atoms. The first-order valence-corrected chi connectivity index (χ1v) is 12.8. The van der Waals surface area contributed by atoms with Gasteiger partial charge in [-0.3, -0.25) is 4.79 Å². The minimum absolute atomic E-state index is 0.0824. The maximum Gasteiger partial charge on any atom is 0.270 e. The zero-order valence-corrected chi connectivity index (χ0v) is 19.6. The fraction of sp³-hybridized carbons (Fsp3) is 0.0400. The lowest BCUT2D eigenvalue weighted by atomic mass is 10.1. The van der Waals surface area contributed by atoms with Crippen LogP contribution in [-0.4, -0.2) is 29.0 Å². The molecule has 0 aliphatic rings. The summed E-state index contributed by atoms with van der Waals surface area (Å²) in [6.07, 6.45) is 0. The third-order valence-corrected chi connectivity index (χ3v) is 8.04. The van der Waals surface area contributed by atoms with Gasteiger partial charge < -0.3 is 5.32 Å². The van der Waals surface area contributed by atoms with Crippen molar-refractivity contribution < 1.29 is 22.0 Å². The Kier molecular flexibility index (Phi) is 6.00. The van der Waals surface area contributed by atoms with Crippen LogP contribution in [0.5, 0.6) is 0 Å². The van der Waals surface area contributed by atoms with Gasteiger partial charge in [-0.15, -0.1) is 0 Å². The minimum atomic E-state index is -4.06. The van der Waals surface area contributed by atoms with E-state index in [4.69, 9.17) is 0 Å². The molecule has 0 saturated carbocycles. The number of amides is 1. The molecule has 5 rings (SSSR count). The topological polar surface area (TPSA) is 81.1 Å². The molecule has 1 aromatic heterocycles. The summed E-state index contributed by atoms with van der Waals surface area (Å²) >= 11 is 0.898. The lowest BCUT2D eigenvalue weighted by Crippen LogP contribution is -2.17. The second kappa shape index (κ2) is 9.12. The molecule has 0 saturated heterocycles. The Morgan fingerprint density at radius 3 is 2.46 bits per heavy atom. The number of carbonyl (C=O) groups excluding carboxylic acids is 1. The van der Waals surface area contributed by atoms with E-state index < -0.39 is 27.6 Å². The number of imidazole rings is 1. The van der Waals surface area contributed by atoms with Gasteiger partial charge in [0.1, 0.15) is 11.6 Å². The molecular formula is C25H17F2N3O3S2. The highest BCUT2D eigenvalue weighted by molar-refractivity contribution is 8.00. The van der Waals surface area contributed by atoms with Gasteiger partial charge in [-0.2, -0.15) is 0 Å². The number of hydrogen-bond acceptors (Lipinski definition) is 5. The highest BCUT2D eigenvalue weighted by atomic mass is 32.2. The number of nitrogens with zero attached hydrogens (tertiary/aromatic N) is 2. The van der Waals surface area contributed by atoms with Crippen molar-refractivity contribution in [3.8, 4) is 0 Å². The molecule has 0 aliphatic heterocycles. The molecule has 0 spiro atoms. The van der Waals surface area contributed by atoms with Crippen molar-refractivity contribution in [1.82, 2.24) is 8.96 Å². The zero-order valence-electron chi connectivity index (χ0n) is 18.0. The summed E-state index contributed by atoms with van der Waals surface area (Å²) in [5.41, 5.74) is 0.645. The number of fused-ring (bicyclic) bond motifs is 2. The van der Waals surface area contributed by atoms with Gasteiger partial charge in [0.25, 0.3) is 10.0 Å². The predicted octanol–water partition coefficient (Wildman–Crippen LogP) is 5.44. The van der Waals surface area contributed by atoms with E-state index in [-0.39, 0.29) is 21.5 Å². The third kappa shape index (κ3) is 4.50. The molecule has 0 radical (unpaired) electrons. The van der Waals surface area contributed by atoms with Crippen LogP contribution < -0.4 is 5.32 Å². The minimum Gasteiger partial charge on any atom is -0.323 e. The number of aromatic nitrogens is 2. The molecule has 0 bridgehead atoms. The Morgan fingerprint density at radius 2 is 1.66 bits per heavy atom. The Balaban J connectivity index is 1.49. The van der Waals surface area contributed by atoms with Gasteiger partial charge in [0.2, 0.25) is 5.91 Å². The average Bonchev–Trinajstić information content (AvgIpc) is 3.23. The zero-order chi connectivity index (χ0) is 24.6. The highest BCUT2D eigenvalue weighted by Crippen LogP contribution is 2.30. The van der Waals surface area contributed by atoms with E-state index in [9.17, 15) is 22.0 Å². The Bertz CT molecular complexity index is 1700. The van der Waals surface area contributed by atoms with Gasteiger partial charge >= 0.3 is 0 Å². The average molecular weight is 510 g/mol. The van der Waals surface area contributed by atoms with Gasteiger partial charge in [-0.25, -0.2) is 26.2 Å². The first kappa shape index (κ1) is 23.0. The Labute approximate surface area is 203 Å². The molecule has 1 N–H and O–H groups in total. The quantitative estimate of drug-likeness (QED) is 0.309. The number of halogens is 2. The van der Waals surface area contributed by atoms with E-state index in [0.29, 0.717) is 17.1 Å². The first-order chi connectivity index (χ1) is 16.8. The van der Waals surface area contributed by atoms with Crippen LogP contribution >= 0.6 is 11.8 Å². The van der Waals surface area contributed by atoms with Crippen molar-refractivity contribution in [2.75, 3.05) is 11.1 Å². The lowest BCUT2D eigenvalue weighted by Gasteiger charge is -2.11. The van der Waals surface area contributed by atoms with Gasteiger partial charge in [0.05, 0.1) is 27.4 Å². The van der Waals surface area contributed by atoms with Crippen molar-refractivity contribution in [2.45, 2.75) is 10.1 Å². The van der Waals surface area contributed by atoms with Crippen LogP contribution in [0, 0.1) is 11.6 Å². The summed E-state index contributed by atoms with van der Waals surface area (Å²) in [6, 6.07) is 21.9. The van der Waals surface area contributed by atoms with Gasteiger partial charge in [-0.05, 0) is 47.2 Å². The van der Waals surface area contributed by atoms with Crippen molar-refractivity contribution in [3.63, 3.8) is 0 Å². The highest BCUT2D eigenvalue weighted by Gasteiger charge is 2.25. The van der Waals surface area contributed by atoms with Crippen LogP contribution in [0.3, 0.4) is 0 Å². The van der Waals surface area contributed by atoms with E-state index in [1.807, 2.05) is 24.3 Å². The number of benzene rings is 4. The fourth-order valence-electron chi connectivity index (χ4n) is 3.65. The molecule has 1 amide bonds. The number of para-hydroxylation sites is 2. The van der Waals surface area contributed by atoms with Gasteiger partial charge in [-0.1, -0.05) is 54.2 Å². The van der Waals surface area contributed by atoms with Crippen LogP contribution in [0.25, 0.3) is 21.8 Å². The predicted molar refractivity (Wildman–Crippen MR) is 132 cm³/mol. The molecular weight excluding hydrogens is 492 g/mol. The molecule has 176 valence electrons. The summed E-state index contributed by atoms with van der Waals surface area (Å²) in [6.45, 7) is 0. The third-order valence-electron chi connectivity index (χ3n) is 5.29. The Morgan fingerprint density at radius 1 is 0.914 bits per heavy atom. The second-order valence-corrected chi connectivity index (χ2v) is 10.4. The molecule has 0 fully saturated rings. The van der Waals surface area contributed by atoms with E-state index in [1.165, 1.54) is 6.07 Å². The summed E-state index contributed by atoms with van der Waals surface area (Å²) < 4.78 is 55.5. The summed E-state index contributed by atoms with van der Waals surface area (Å²) in [5.74, 6) is -2.51. The number of thioether (sulfide) groups is 1. The van der Waals surface area contributed by atoms with Crippen molar-refractivity contribution >= 4 is 55.2 Å². The van der Waals surface area contributed by atoms with Crippen molar-refractivity contribution in [3.05, 3.63) is 96.6 Å². The largest absolute Gasteiger partial charge is 0.323 e. The van der Waals surface area contributed by atoms with Gasteiger partial charge in [0.15, 0.2) is 5.16 Å². The van der Waals surface area contributed by atoms with Crippen molar-refractivity contribution in [1.29, 1.82) is 0 Å². The lowest BCUT2D eigenvalue weighted by molar-refractivity contribution is -0.113. The van der Waals surface area contributed by atoms with Gasteiger partial charge in [0, 0.05) is 6.07 Å². The van der Waals surface area contributed by atoms with Crippen LogP contribution in [0.1, 0.15) is 0 Å². The smallest absolute Gasteiger partial charge is 0.270 e. The maximum atomic E-state index is 13.9. The number of anilines is 1. The molecule has 4 aromatic carbocycles. The molecule has 10 heteroatoms. The van der Waals surface area contributed by atoms with E-state index in [1.54, 1.807) is 36.4 Å². The summed E-state index contributed by atoms with van der Waals surface area (Å²) in [4.78, 5) is 16.9. The van der Waals surface area contributed by atoms with E-state index >= 15 is 0 Å². The number of rotatable bonds is 6. The van der Waals surface area contributed by atoms with Crippen LogP contribution in [0.15, 0.2) is 95.0 Å².